The molecule has 2 aliphatic heterocycles. The molecule has 1 amide bonds. The van der Waals surface area contributed by atoms with Crippen molar-refractivity contribution >= 4 is 40.7 Å². The second-order valence-electron chi connectivity index (χ2n) is 7.99. The highest BCUT2D eigenvalue weighted by Crippen LogP contribution is 2.39. The fraction of sp³-hybridized carbons (Fsp3) is 0.333. The van der Waals surface area contributed by atoms with E-state index in [1.807, 2.05) is 0 Å². The van der Waals surface area contributed by atoms with Crippen LogP contribution in [0.2, 0.25) is 10.0 Å². The molecule has 1 atom stereocenters. The highest BCUT2D eigenvalue weighted by molar-refractivity contribution is 6.46. The first-order valence-corrected chi connectivity index (χ1v) is 11.4. The number of methoxy groups -OCH3 is 1. The molecular formula is C24H24Cl2N2O5. The summed E-state index contributed by atoms with van der Waals surface area (Å²) in [6.07, 6.45) is 0. The van der Waals surface area contributed by atoms with E-state index < -0.39 is 23.5 Å². The van der Waals surface area contributed by atoms with Gasteiger partial charge in [0.15, 0.2) is 0 Å². The van der Waals surface area contributed by atoms with Gasteiger partial charge in [-0.25, -0.2) is 0 Å². The number of halogens is 2. The van der Waals surface area contributed by atoms with E-state index in [-0.39, 0.29) is 16.2 Å². The van der Waals surface area contributed by atoms with Crippen LogP contribution in [0.25, 0.3) is 5.76 Å². The summed E-state index contributed by atoms with van der Waals surface area (Å²) < 4.78 is 10.5. The number of benzene rings is 2. The average molecular weight is 491 g/mol. The molecule has 1 unspecified atom stereocenters. The van der Waals surface area contributed by atoms with Crippen LogP contribution in [0.4, 0.5) is 0 Å². The predicted octanol–water partition coefficient (Wildman–Crippen LogP) is 1.14. The van der Waals surface area contributed by atoms with Crippen LogP contribution in [0.1, 0.15) is 17.2 Å². The number of carbonyl (C=O) groups excluding carboxylic acids is 2. The van der Waals surface area contributed by atoms with Gasteiger partial charge in [0.2, 0.25) is 5.78 Å². The van der Waals surface area contributed by atoms with Gasteiger partial charge in [-0.2, -0.15) is 0 Å². The van der Waals surface area contributed by atoms with Gasteiger partial charge < -0.3 is 24.4 Å². The summed E-state index contributed by atoms with van der Waals surface area (Å²) in [5.41, 5.74) is 0.788. The zero-order valence-corrected chi connectivity index (χ0v) is 19.6. The van der Waals surface area contributed by atoms with Crippen molar-refractivity contribution < 1.29 is 29.1 Å². The lowest BCUT2D eigenvalue weighted by Gasteiger charge is -2.30. The number of hydrogen-bond acceptors (Lipinski definition) is 5. The van der Waals surface area contributed by atoms with Crippen molar-refractivity contribution in [2.24, 2.45) is 0 Å². The van der Waals surface area contributed by atoms with E-state index >= 15 is 0 Å². The number of hydrogen-bond donors (Lipinski definition) is 1. The summed E-state index contributed by atoms with van der Waals surface area (Å²) in [6.45, 7) is 3.99. The maximum atomic E-state index is 13.5. The van der Waals surface area contributed by atoms with Gasteiger partial charge in [-0.3, -0.25) is 9.59 Å². The number of ether oxygens (including phenoxy) is 2. The third-order valence-corrected chi connectivity index (χ3v) is 6.58. The predicted molar refractivity (Wildman–Crippen MR) is 122 cm³/mol. The maximum Gasteiger partial charge on any atom is 0.295 e. The Labute approximate surface area is 202 Å². The first-order valence-electron chi connectivity index (χ1n) is 10.7. The van der Waals surface area contributed by atoms with Crippen LogP contribution in [0, 0.1) is 0 Å². The normalized spacial score (nSPS) is 20.9. The zero-order chi connectivity index (χ0) is 23.5. The second-order valence-corrected chi connectivity index (χ2v) is 8.83. The van der Waals surface area contributed by atoms with Gasteiger partial charge in [-0.15, -0.1) is 0 Å². The number of ketones is 1. The van der Waals surface area contributed by atoms with E-state index in [0.717, 1.165) is 13.1 Å². The van der Waals surface area contributed by atoms with Crippen molar-refractivity contribution in [1.82, 2.24) is 4.90 Å². The second kappa shape index (κ2) is 10.1. The van der Waals surface area contributed by atoms with Crippen LogP contribution in [-0.2, 0) is 14.3 Å². The number of morpholine rings is 1. The topological polar surface area (TPSA) is 83.3 Å². The van der Waals surface area contributed by atoms with Gasteiger partial charge >= 0.3 is 0 Å². The van der Waals surface area contributed by atoms with Crippen molar-refractivity contribution in [2.45, 2.75) is 6.04 Å². The van der Waals surface area contributed by atoms with Crippen LogP contribution >= 0.6 is 23.2 Å². The van der Waals surface area contributed by atoms with E-state index in [9.17, 15) is 14.7 Å². The molecule has 33 heavy (non-hydrogen) atoms. The standard InChI is InChI=1S/C24H24Cl2N2O5/c1-32-19-7-4-16(14-18(19)26)22(29)20-21(15-2-5-17(25)6-3-15)28(24(31)23(20)30)9-8-27-10-12-33-13-11-27/h2-7,14,21,29H,8-13H2,1H3. The number of Topliss-reactive ketones (excluding diaryl/α,β-unsaturated/α-hetero) is 1. The van der Waals surface area contributed by atoms with Crippen LogP contribution < -0.4 is 14.7 Å². The Kier molecular flexibility index (Phi) is 7.24. The molecule has 0 radical (unpaired) electrons. The molecule has 174 valence electrons. The van der Waals surface area contributed by atoms with Gasteiger partial charge in [0.25, 0.3) is 5.91 Å². The van der Waals surface area contributed by atoms with E-state index in [0.29, 0.717) is 42.6 Å². The van der Waals surface area contributed by atoms with E-state index in [1.165, 1.54) is 29.0 Å². The number of likely N-dealkylation sites (tertiary alicyclic amines) is 1. The summed E-state index contributed by atoms with van der Waals surface area (Å²) in [4.78, 5) is 28.9. The summed E-state index contributed by atoms with van der Waals surface area (Å²) in [6, 6.07) is 10.6. The minimum atomic E-state index is -0.795. The Balaban J connectivity index is 1.74. The number of nitrogens with zero attached hydrogens (tertiary/aromatic N) is 1. The van der Waals surface area contributed by atoms with Crippen LogP contribution in [0.3, 0.4) is 0 Å². The van der Waals surface area contributed by atoms with Crippen molar-refractivity contribution in [1.29, 1.82) is 0 Å². The van der Waals surface area contributed by atoms with Crippen molar-refractivity contribution in [3.63, 3.8) is 0 Å². The third-order valence-electron chi connectivity index (χ3n) is 6.04. The first-order chi connectivity index (χ1) is 15.9. The number of amides is 1. The van der Waals surface area contributed by atoms with Crippen LogP contribution in [0.15, 0.2) is 48.0 Å². The Morgan fingerprint density at radius 3 is 2.48 bits per heavy atom. The first kappa shape index (κ1) is 23.6. The molecule has 2 saturated heterocycles. The molecule has 2 fully saturated rings. The van der Waals surface area contributed by atoms with Crippen LogP contribution in [0.5, 0.6) is 5.75 Å². The van der Waals surface area contributed by atoms with E-state index in [2.05, 4.69) is 0 Å². The highest BCUT2D eigenvalue weighted by Gasteiger charge is 2.44. The fourth-order valence-corrected chi connectivity index (χ4v) is 4.63. The molecule has 0 saturated carbocycles. The Morgan fingerprint density at radius 2 is 1.85 bits per heavy atom. The SMILES string of the molecule is COc1ccc(C([O-])=C2C(=O)C(=O)N(CC[NH+]3CCOCC3)C2c2ccc(Cl)cc2)cc1Cl. The molecule has 0 aromatic heterocycles. The van der Waals surface area contributed by atoms with Gasteiger partial charge in [-0.1, -0.05) is 47.2 Å². The lowest BCUT2D eigenvalue weighted by Crippen LogP contribution is -3.14. The lowest BCUT2D eigenvalue weighted by atomic mass is 9.95. The zero-order valence-electron chi connectivity index (χ0n) is 18.1. The minimum absolute atomic E-state index is 0.0828. The summed E-state index contributed by atoms with van der Waals surface area (Å²) in [7, 11) is 1.47. The summed E-state index contributed by atoms with van der Waals surface area (Å²) in [5.74, 6) is -1.58. The number of quaternary nitrogens is 1. The quantitative estimate of drug-likeness (QED) is 0.373. The lowest BCUT2D eigenvalue weighted by molar-refractivity contribution is -0.907. The molecule has 2 aromatic rings. The van der Waals surface area contributed by atoms with E-state index in [1.54, 1.807) is 30.3 Å². The van der Waals surface area contributed by atoms with E-state index in [4.69, 9.17) is 32.7 Å². The number of nitrogens with one attached hydrogen (secondary N) is 1. The summed E-state index contributed by atoms with van der Waals surface area (Å²) >= 11 is 12.3. The number of carbonyl (C=O) groups is 2. The van der Waals surface area contributed by atoms with Crippen LogP contribution in [-0.4, -0.2) is 63.1 Å². The molecule has 4 rings (SSSR count). The molecule has 2 heterocycles. The third kappa shape index (κ3) is 4.87. The highest BCUT2D eigenvalue weighted by atomic mass is 35.5. The molecule has 2 aliphatic rings. The Hall–Kier alpha value is -2.58. The van der Waals surface area contributed by atoms with Gasteiger partial charge in [-0.05, 0) is 35.4 Å². The Bertz CT molecular complexity index is 1080. The number of rotatable bonds is 6. The molecule has 2 aromatic carbocycles. The molecule has 0 spiro atoms. The Morgan fingerprint density at radius 1 is 1.15 bits per heavy atom. The maximum absolute atomic E-state index is 13.5. The van der Waals surface area contributed by atoms with Gasteiger partial charge in [0.05, 0.1) is 44.5 Å². The van der Waals surface area contributed by atoms with Crippen molar-refractivity contribution in [3.05, 3.63) is 69.2 Å². The average Bonchev–Trinajstić information content (AvgIpc) is 3.08. The monoisotopic (exact) mass is 490 g/mol. The smallest absolute Gasteiger partial charge is 0.295 e. The minimum Gasteiger partial charge on any atom is -0.872 e. The molecule has 0 aliphatic carbocycles. The fourth-order valence-electron chi connectivity index (χ4n) is 4.24. The van der Waals surface area contributed by atoms with Crippen molar-refractivity contribution in [3.8, 4) is 5.75 Å². The molecule has 7 nitrogen and oxygen atoms in total. The molecular weight excluding hydrogens is 467 g/mol. The largest absolute Gasteiger partial charge is 0.872 e. The van der Waals surface area contributed by atoms with Crippen molar-refractivity contribution in [2.75, 3.05) is 46.5 Å². The molecule has 1 N–H and O–H groups in total. The molecule has 9 heteroatoms. The van der Waals surface area contributed by atoms with Gasteiger partial charge in [0.1, 0.15) is 18.8 Å². The molecule has 0 bridgehead atoms. The van der Waals surface area contributed by atoms with Gasteiger partial charge in [0, 0.05) is 10.6 Å². The summed E-state index contributed by atoms with van der Waals surface area (Å²) in [5, 5.41) is 14.2.